The molecule has 1 saturated carbocycles. The molecule has 0 saturated heterocycles. The molecule has 0 aliphatic heterocycles. The van der Waals surface area contributed by atoms with Crippen molar-refractivity contribution in [3.63, 3.8) is 0 Å². The third-order valence-corrected chi connectivity index (χ3v) is 4.29. The Morgan fingerprint density at radius 1 is 1.28 bits per heavy atom. The van der Waals surface area contributed by atoms with Gasteiger partial charge in [-0.2, -0.15) is 0 Å². The quantitative estimate of drug-likeness (QED) is 0.893. The van der Waals surface area contributed by atoms with E-state index in [9.17, 15) is 0 Å². The zero-order valence-corrected chi connectivity index (χ0v) is 11.6. The summed E-state index contributed by atoms with van der Waals surface area (Å²) in [5, 5.41) is 13.2. The maximum atomic E-state index is 9.16. The Hall–Kier alpha value is -0.870. The fourth-order valence-electron chi connectivity index (χ4n) is 2.87. The maximum absolute atomic E-state index is 9.16. The molecule has 0 unspecified atom stereocenters. The van der Waals surface area contributed by atoms with Crippen LogP contribution in [0.25, 0.3) is 0 Å². The Morgan fingerprint density at radius 2 is 1.94 bits per heavy atom. The fraction of sp³-hybridized carbons (Fsp3) is 0.786. The summed E-state index contributed by atoms with van der Waals surface area (Å²) in [5.41, 5.74) is 2.23. The van der Waals surface area contributed by atoms with E-state index >= 15 is 0 Å². The largest absolute Gasteiger partial charge is 0.396 e. The Morgan fingerprint density at radius 3 is 2.44 bits per heavy atom. The van der Waals surface area contributed by atoms with Gasteiger partial charge in [-0.3, -0.25) is 4.90 Å². The third kappa shape index (κ3) is 2.93. The number of hydrogen-bond acceptors (Lipinski definition) is 4. The predicted molar refractivity (Wildman–Crippen MR) is 70.3 cm³/mol. The smallest absolute Gasteiger partial charge is 0.138 e. The van der Waals surface area contributed by atoms with Gasteiger partial charge in [0.15, 0.2) is 0 Å². The molecule has 0 radical (unpaired) electrons. The monoisotopic (exact) mass is 252 g/mol. The molecule has 1 N–H and O–H groups in total. The molecule has 1 aromatic heterocycles. The molecular formula is C14H24N2O2. The van der Waals surface area contributed by atoms with Gasteiger partial charge in [-0.25, -0.2) is 0 Å². The normalized spacial score (nSPS) is 24.7. The van der Waals surface area contributed by atoms with Gasteiger partial charge >= 0.3 is 0 Å². The molecule has 4 nitrogen and oxygen atoms in total. The Bertz CT molecular complexity index is 362. The summed E-state index contributed by atoms with van der Waals surface area (Å²) in [6.07, 6.45) is 4.66. The van der Waals surface area contributed by atoms with Crippen LogP contribution in [0, 0.1) is 19.8 Å². The topological polar surface area (TPSA) is 49.5 Å². The fourth-order valence-corrected chi connectivity index (χ4v) is 2.87. The van der Waals surface area contributed by atoms with Gasteiger partial charge in [0.1, 0.15) is 5.76 Å². The molecule has 1 aliphatic rings. The van der Waals surface area contributed by atoms with Crippen LogP contribution >= 0.6 is 0 Å². The van der Waals surface area contributed by atoms with Crippen molar-refractivity contribution in [3.05, 3.63) is 17.0 Å². The summed E-state index contributed by atoms with van der Waals surface area (Å²) in [6, 6.07) is 0.626. The van der Waals surface area contributed by atoms with Crippen LogP contribution in [0.2, 0.25) is 0 Å². The summed E-state index contributed by atoms with van der Waals surface area (Å²) in [7, 11) is 2.18. The second-order valence-electron chi connectivity index (χ2n) is 5.57. The van der Waals surface area contributed by atoms with Crippen LogP contribution in [-0.2, 0) is 6.54 Å². The van der Waals surface area contributed by atoms with E-state index in [-0.39, 0.29) is 0 Å². The standard InChI is InChI=1S/C14H24N2O2/c1-10-14(11(2)18-15-10)8-16(3)13-6-4-12(9-17)5-7-13/h12-13,17H,4-9H2,1-3H3. The van der Waals surface area contributed by atoms with Crippen LogP contribution in [0.4, 0.5) is 0 Å². The van der Waals surface area contributed by atoms with E-state index in [4.69, 9.17) is 9.63 Å². The van der Waals surface area contributed by atoms with Crippen molar-refractivity contribution in [3.8, 4) is 0 Å². The summed E-state index contributed by atoms with van der Waals surface area (Å²) in [4.78, 5) is 2.40. The number of rotatable bonds is 4. The lowest BCUT2D eigenvalue weighted by atomic mass is 9.86. The number of hydrogen-bond donors (Lipinski definition) is 1. The lowest BCUT2D eigenvalue weighted by molar-refractivity contribution is 0.124. The molecule has 0 bridgehead atoms. The number of aliphatic hydroxyl groups is 1. The minimum Gasteiger partial charge on any atom is -0.396 e. The van der Waals surface area contributed by atoms with E-state index in [1.54, 1.807) is 0 Å². The zero-order valence-electron chi connectivity index (χ0n) is 11.6. The van der Waals surface area contributed by atoms with Crippen molar-refractivity contribution < 1.29 is 9.63 Å². The second kappa shape index (κ2) is 5.85. The predicted octanol–water partition coefficient (Wildman–Crippen LogP) is 2.27. The lowest BCUT2D eigenvalue weighted by Crippen LogP contribution is -2.35. The summed E-state index contributed by atoms with van der Waals surface area (Å²) < 4.78 is 5.21. The van der Waals surface area contributed by atoms with Crippen molar-refractivity contribution in [2.45, 2.75) is 52.1 Å². The lowest BCUT2D eigenvalue weighted by Gasteiger charge is -2.34. The van der Waals surface area contributed by atoms with Crippen molar-refractivity contribution in [2.75, 3.05) is 13.7 Å². The second-order valence-corrected chi connectivity index (χ2v) is 5.57. The van der Waals surface area contributed by atoms with E-state index in [0.29, 0.717) is 18.6 Å². The first kappa shape index (κ1) is 13.6. The van der Waals surface area contributed by atoms with Crippen molar-refractivity contribution in [1.29, 1.82) is 0 Å². The van der Waals surface area contributed by atoms with Gasteiger partial charge < -0.3 is 9.63 Å². The number of aryl methyl sites for hydroxylation is 2. The highest BCUT2D eigenvalue weighted by Gasteiger charge is 2.24. The Kier molecular flexibility index (Phi) is 4.40. The van der Waals surface area contributed by atoms with Gasteiger partial charge in [-0.1, -0.05) is 5.16 Å². The van der Waals surface area contributed by atoms with Crippen LogP contribution in [0.5, 0.6) is 0 Å². The molecular weight excluding hydrogens is 228 g/mol. The highest BCUT2D eigenvalue weighted by atomic mass is 16.5. The summed E-state index contributed by atoms with van der Waals surface area (Å²) in [6.45, 7) is 5.24. The number of nitrogens with zero attached hydrogens (tertiary/aromatic N) is 2. The third-order valence-electron chi connectivity index (χ3n) is 4.29. The molecule has 0 atom stereocenters. The molecule has 1 aromatic rings. The average molecular weight is 252 g/mol. The highest BCUT2D eigenvalue weighted by Crippen LogP contribution is 2.28. The van der Waals surface area contributed by atoms with E-state index in [2.05, 4.69) is 17.1 Å². The van der Waals surface area contributed by atoms with Crippen molar-refractivity contribution in [2.24, 2.45) is 5.92 Å². The first-order valence-electron chi connectivity index (χ1n) is 6.84. The number of aliphatic hydroxyl groups excluding tert-OH is 1. The molecule has 1 aliphatic carbocycles. The Labute approximate surface area is 109 Å². The van der Waals surface area contributed by atoms with Crippen LogP contribution in [0.1, 0.15) is 42.7 Å². The van der Waals surface area contributed by atoms with E-state index in [1.807, 2.05) is 13.8 Å². The van der Waals surface area contributed by atoms with Gasteiger partial charge in [0, 0.05) is 24.8 Å². The molecule has 102 valence electrons. The van der Waals surface area contributed by atoms with Gasteiger partial charge in [0.05, 0.1) is 5.69 Å². The number of aromatic nitrogens is 1. The van der Waals surface area contributed by atoms with Gasteiger partial charge in [-0.15, -0.1) is 0 Å². The molecule has 1 fully saturated rings. The Balaban J connectivity index is 1.91. The van der Waals surface area contributed by atoms with Crippen LogP contribution in [-0.4, -0.2) is 34.9 Å². The van der Waals surface area contributed by atoms with Crippen molar-refractivity contribution >= 4 is 0 Å². The molecule has 2 rings (SSSR count). The minimum absolute atomic E-state index is 0.348. The van der Waals surface area contributed by atoms with Crippen LogP contribution in [0.15, 0.2) is 4.52 Å². The SMILES string of the molecule is Cc1noc(C)c1CN(C)C1CCC(CO)CC1. The van der Waals surface area contributed by atoms with Gasteiger partial charge in [-0.05, 0) is 52.5 Å². The first-order valence-corrected chi connectivity index (χ1v) is 6.84. The molecule has 0 spiro atoms. The van der Waals surface area contributed by atoms with Crippen LogP contribution in [0.3, 0.4) is 0 Å². The first-order chi connectivity index (χ1) is 8.61. The van der Waals surface area contributed by atoms with Crippen molar-refractivity contribution in [1.82, 2.24) is 10.1 Å². The minimum atomic E-state index is 0.348. The summed E-state index contributed by atoms with van der Waals surface area (Å²) >= 11 is 0. The maximum Gasteiger partial charge on any atom is 0.138 e. The van der Waals surface area contributed by atoms with E-state index in [1.165, 1.54) is 18.4 Å². The molecule has 0 amide bonds. The van der Waals surface area contributed by atoms with E-state index in [0.717, 1.165) is 30.8 Å². The summed E-state index contributed by atoms with van der Waals surface area (Å²) in [5.74, 6) is 1.46. The highest BCUT2D eigenvalue weighted by molar-refractivity contribution is 5.20. The van der Waals surface area contributed by atoms with Gasteiger partial charge in [0.2, 0.25) is 0 Å². The zero-order chi connectivity index (χ0) is 13.1. The molecule has 1 heterocycles. The molecule has 0 aromatic carbocycles. The van der Waals surface area contributed by atoms with Gasteiger partial charge in [0.25, 0.3) is 0 Å². The molecule has 4 heteroatoms. The van der Waals surface area contributed by atoms with Crippen LogP contribution < -0.4 is 0 Å². The van der Waals surface area contributed by atoms with E-state index < -0.39 is 0 Å². The average Bonchev–Trinajstić information content (AvgIpc) is 2.70. The molecule has 18 heavy (non-hydrogen) atoms.